The highest BCUT2D eigenvalue weighted by atomic mass is 35.6. The summed E-state index contributed by atoms with van der Waals surface area (Å²) in [6.07, 6.45) is 2.35. The molecular formula is C18H33ClSi2. The highest BCUT2D eigenvalue weighted by Crippen LogP contribution is 2.39. The van der Waals surface area contributed by atoms with Crippen molar-refractivity contribution in [3.8, 4) is 0 Å². The van der Waals surface area contributed by atoms with Crippen LogP contribution >= 0.6 is 11.1 Å². The molecular weight excluding hydrogens is 308 g/mol. The molecule has 2 unspecified atom stereocenters. The summed E-state index contributed by atoms with van der Waals surface area (Å²) in [4.78, 5) is 0. The Hall–Kier alpha value is -0.0562. The zero-order valence-corrected chi connectivity index (χ0v) is 17.9. The molecule has 0 fully saturated rings. The van der Waals surface area contributed by atoms with Crippen LogP contribution in [0.4, 0.5) is 0 Å². The molecule has 1 aromatic rings. The first-order chi connectivity index (χ1) is 9.57. The Bertz CT molecular complexity index is 467. The predicted molar refractivity (Wildman–Crippen MR) is 105 cm³/mol. The SMILES string of the molecule is CCC(C)[Si](Cl)(c1cc(C)cc([Si](C)(C)C)c1)C(C)CC. The average Bonchev–Trinajstić information content (AvgIpc) is 2.42. The third-order valence-electron chi connectivity index (χ3n) is 5.04. The van der Waals surface area contributed by atoms with Gasteiger partial charge in [-0.05, 0) is 23.2 Å². The van der Waals surface area contributed by atoms with Crippen molar-refractivity contribution in [3.05, 3.63) is 23.8 Å². The maximum atomic E-state index is 7.41. The van der Waals surface area contributed by atoms with E-state index in [1.165, 1.54) is 23.6 Å². The fraction of sp³-hybridized carbons (Fsp3) is 0.667. The highest BCUT2D eigenvalue weighted by molar-refractivity contribution is 7.28. The molecule has 0 spiro atoms. The molecule has 0 aromatic heterocycles. The van der Waals surface area contributed by atoms with Crippen molar-refractivity contribution in [1.82, 2.24) is 0 Å². The molecule has 0 N–H and O–H groups in total. The van der Waals surface area contributed by atoms with Crippen LogP contribution in [0.3, 0.4) is 0 Å². The first kappa shape index (κ1) is 19.0. The Morgan fingerprint density at radius 2 is 1.33 bits per heavy atom. The van der Waals surface area contributed by atoms with E-state index in [0.717, 1.165) is 0 Å². The van der Waals surface area contributed by atoms with Crippen molar-refractivity contribution < 1.29 is 0 Å². The molecule has 0 heterocycles. The molecule has 3 heteroatoms. The lowest BCUT2D eigenvalue weighted by Crippen LogP contribution is -2.52. The van der Waals surface area contributed by atoms with Crippen molar-refractivity contribution >= 4 is 36.9 Å². The molecule has 0 nitrogen and oxygen atoms in total. The maximum Gasteiger partial charge on any atom is 0.192 e. The lowest BCUT2D eigenvalue weighted by molar-refractivity contribution is 0.782. The molecule has 120 valence electrons. The van der Waals surface area contributed by atoms with Gasteiger partial charge in [0, 0.05) is 0 Å². The zero-order chi connectivity index (χ0) is 16.4. The minimum absolute atomic E-state index is 0.616. The lowest BCUT2D eigenvalue weighted by atomic mass is 10.2. The monoisotopic (exact) mass is 340 g/mol. The summed E-state index contributed by atoms with van der Waals surface area (Å²) in [6.45, 7) is 18.8. The predicted octanol–water partition coefficient (Wildman–Crippen LogP) is 5.53. The molecule has 0 saturated heterocycles. The van der Waals surface area contributed by atoms with E-state index in [4.69, 9.17) is 11.1 Å². The molecule has 1 rings (SSSR count). The Labute approximate surface area is 139 Å². The summed E-state index contributed by atoms with van der Waals surface area (Å²) in [7, 11) is -3.28. The molecule has 1 aromatic carbocycles. The van der Waals surface area contributed by atoms with E-state index in [-0.39, 0.29) is 0 Å². The Balaban J connectivity index is 3.49. The maximum absolute atomic E-state index is 7.41. The van der Waals surface area contributed by atoms with E-state index in [0.29, 0.717) is 11.1 Å². The number of rotatable bonds is 6. The number of aryl methyl sites for hydroxylation is 1. The van der Waals surface area contributed by atoms with E-state index in [1.54, 1.807) is 5.19 Å². The zero-order valence-electron chi connectivity index (χ0n) is 15.2. The fourth-order valence-corrected chi connectivity index (χ4v) is 9.86. The van der Waals surface area contributed by atoms with Crippen LogP contribution in [0.5, 0.6) is 0 Å². The lowest BCUT2D eigenvalue weighted by Gasteiger charge is -2.37. The quantitative estimate of drug-likeness (QED) is 0.471. The second-order valence-electron chi connectivity index (χ2n) is 7.72. The molecule has 2 atom stereocenters. The van der Waals surface area contributed by atoms with Gasteiger partial charge in [0.25, 0.3) is 0 Å². The Kier molecular flexibility index (Phi) is 6.34. The normalized spacial score (nSPS) is 18.1. The van der Waals surface area contributed by atoms with E-state index >= 15 is 0 Å². The number of hydrogen-bond acceptors (Lipinski definition) is 0. The molecule has 0 aliphatic rings. The molecule has 0 aliphatic heterocycles. The van der Waals surface area contributed by atoms with Crippen LogP contribution in [0, 0.1) is 6.92 Å². The molecule has 0 aliphatic carbocycles. The summed E-state index contributed by atoms with van der Waals surface area (Å²) < 4.78 is 0. The topological polar surface area (TPSA) is 0 Å². The van der Waals surface area contributed by atoms with Gasteiger partial charge in [0.1, 0.15) is 0 Å². The van der Waals surface area contributed by atoms with E-state index < -0.39 is 15.5 Å². The van der Waals surface area contributed by atoms with Crippen molar-refractivity contribution in [3.63, 3.8) is 0 Å². The Morgan fingerprint density at radius 1 is 0.905 bits per heavy atom. The fourth-order valence-electron chi connectivity index (χ4n) is 3.09. The average molecular weight is 341 g/mol. The third-order valence-corrected chi connectivity index (χ3v) is 14.8. The van der Waals surface area contributed by atoms with Crippen LogP contribution in [0.1, 0.15) is 46.1 Å². The first-order valence-corrected chi connectivity index (χ1v) is 15.1. The summed E-state index contributed by atoms with van der Waals surface area (Å²) in [5.74, 6) is 0. The minimum atomic E-state index is -1.98. The van der Waals surface area contributed by atoms with Gasteiger partial charge in [-0.2, -0.15) is 11.1 Å². The Morgan fingerprint density at radius 3 is 1.71 bits per heavy atom. The van der Waals surface area contributed by atoms with Crippen molar-refractivity contribution in [2.45, 2.75) is 78.2 Å². The standard InChI is InChI=1S/C18H33ClSi2/c1-9-15(4)21(19,16(5)10-2)18-12-14(3)11-17(13-18)20(6,7)8/h11-13,15-16H,9-10H2,1-8H3. The largest absolute Gasteiger partial charge is 0.192 e. The van der Waals surface area contributed by atoms with Gasteiger partial charge in [-0.1, -0.05) is 89.1 Å². The first-order valence-electron chi connectivity index (χ1n) is 8.38. The number of hydrogen-bond donors (Lipinski definition) is 0. The molecule has 0 amide bonds. The second-order valence-corrected chi connectivity index (χ2v) is 18.8. The molecule has 0 bridgehead atoms. The highest BCUT2D eigenvalue weighted by Gasteiger charge is 2.43. The van der Waals surface area contributed by atoms with Gasteiger partial charge < -0.3 is 0 Å². The van der Waals surface area contributed by atoms with Gasteiger partial charge in [0.05, 0.1) is 8.07 Å². The summed E-state index contributed by atoms with van der Waals surface area (Å²) >= 11 is 7.41. The molecule has 0 radical (unpaired) electrons. The van der Waals surface area contributed by atoms with Crippen LogP contribution in [0.2, 0.25) is 30.7 Å². The van der Waals surface area contributed by atoms with E-state index in [1.807, 2.05) is 0 Å². The second kappa shape index (κ2) is 7.01. The summed E-state index contributed by atoms with van der Waals surface area (Å²) in [5, 5.41) is 3.03. The summed E-state index contributed by atoms with van der Waals surface area (Å²) in [6, 6.07) is 7.23. The minimum Gasteiger partial charge on any atom is -0.160 e. The van der Waals surface area contributed by atoms with Crippen molar-refractivity contribution in [2.75, 3.05) is 0 Å². The van der Waals surface area contributed by atoms with Crippen molar-refractivity contribution in [2.24, 2.45) is 0 Å². The number of halogens is 1. The van der Waals surface area contributed by atoms with E-state index in [9.17, 15) is 0 Å². The summed E-state index contributed by atoms with van der Waals surface area (Å²) in [5.41, 5.74) is 2.62. The van der Waals surface area contributed by atoms with E-state index in [2.05, 4.69) is 72.5 Å². The van der Waals surface area contributed by atoms with Crippen molar-refractivity contribution in [1.29, 1.82) is 0 Å². The van der Waals surface area contributed by atoms with Crippen LogP contribution < -0.4 is 10.4 Å². The van der Waals surface area contributed by atoms with Gasteiger partial charge in [0.2, 0.25) is 0 Å². The molecule has 0 saturated carbocycles. The van der Waals surface area contributed by atoms with Crippen LogP contribution in [-0.2, 0) is 0 Å². The van der Waals surface area contributed by atoms with Gasteiger partial charge in [-0.15, -0.1) is 0 Å². The number of benzene rings is 1. The van der Waals surface area contributed by atoms with Gasteiger partial charge in [-0.3, -0.25) is 0 Å². The third kappa shape index (κ3) is 4.02. The smallest absolute Gasteiger partial charge is 0.160 e. The van der Waals surface area contributed by atoms with Gasteiger partial charge in [-0.25, -0.2) is 0 Å². The van der Waals surface area contributed by atoms with Gasteiger partial charge in [0.15, 0.2) is 7.38 Å². The van der Waals surface area contributed by atoms with Crippen LogP contribution in [-0.4, -0.2) is 15.5 Å². The van der Waals surface area contributed by atoms with Gasteiger partial charge >= 0.3 is 0 Å². The molecule has 21 heavy (non-hydrogen) atoms. The van der Waals surface area contributed by atoms with Crippen LogP contribution in [0.15, 0.2) is 18.2 Å². The van der Waals surface area contributed by atoms with Crippen LogP contribution in [0.25, 0.3) is 0 Å².